The van der Waals surface area contributed by atoms with Crippen molar-refractivity contribution in [1.29, 1.82) is 0 Å². The molecule has 1 heterocycles. The molecule has 2 N–H and O–H groups in total. The monoisotopic (exact) mass is 229 g/mol. The summed E-state index contributed by atoms with van der Waals surface area (Å²) in [5.74, 6) is -0.150. The van der Waals surface area contributed by atoms with Crippen molar-refractivity contribution in [1.82, 2.24) is 14.9 Å². The van der Waals surface area contributed by atoms with Gasteiger partial charge < -0.3 is 10.4 Å². The number of hydrogen-bond acceptors (Lipinski definition) is 5. The third-order valence-corrected chi connectivity index (χ3v) is 2.80. The van der Waals surface area contributed by atoms with Gasteiger partial charge in [0.05, 0.1) is 5.69 Å². The lowest BCUT2D eigenvalue weighted by Crippen LogP contribution is -2.33. The zero-order valence-corrected chi connectivity index (χ0v) is 9.67. The van der Waals surface area contributed by atoms with Crippen LogP contribution >= 0.6 is 11.5 Å². The minimum absolute atomic E-state index is 0.0330. The number of carbonyl (C=O) groups excluding carboxylic acids is 1. The first-order valence-corrected chi connectivity index (χ1v) is 5.69. The van der Waals surface area contributed by atoms with Crippen LogP contribution in [0, 0.1) is 0 Å². The molecule has 6 heteroatoms. The van der Waals surface area contributed by atoms with Crippen LogP contribution in [0.2, 0.25) is 0 Å². The summed E-state index contributed by atoms with van der Waals surface area (Å²) < 4.78 is 3.75. The van der Waals surface area contributed by atoms with Gasteiger partial charge in [0.15, 0.2) is 0 Å². The molecule has 15 heavy (non-hydrogen) atoms. The first-order valence-electron chi connectivity index (χ1n) is 4.92. The summed E-state index contributed by atoms with van der Waals surface area (Å²) in [6.45, 7) is 3.86. The normalized spacial score (nSPS) is 12.5. The minimum atomic E-state index is -0.150. The van der Waals surface area contributed by atoms with Crippen molar-refractivity contribution in [3.05, 3.63) is 10.6 Å². The van der Waals surface area contributed by atoms with Crippen molar-refractivity contribution in [2.75, 3.05) is 6.61 Å². The Balaban J connectivity index is 2.61. The Labute approximate surface area is 92.7 Å². The van der Waals surface area contributed by atoms with E-state index in [2.05, 4.69) is 14.9 Å². The maximum Gasteiger partial charge on any atom is 0.265 e. The van der Waals surface area contributed by atoms with E-state index in [1.165, 1.54) is 0 Å². The average molecular weight is 229 g/mol. The molecule has 0 aliphatic heterocycles. The van der Waals surface area contributed by atoms with Crippen molar-refractivity contribution < 1.29 is 9.90 Å². The molecule has 0 bridgehead atoms. The Bertz CT molecular complexity index is 327. The number of aryl methyl sites for hydroxylation is 1. The van der Waals surface area contributed by atoms with Gasteiger partial charge in [-0.25, -0.2) is 0 Å². The third-order valence-electron chi connectivity index (χ3n) is 2.04. The number of nitrogens with zero attached hydrogens (tertiary/aromatic N) is 2. The molecule has 84 valence electrons. The molecule has 0 radical (unpaired) electrons. The fraction of sp³-hybridized carbons (Fsp3) is 0.667. The van der Waals surface area contributed by atoms with E-state index in [0.29, 0.717) is 17.7 Å². The zero-order valence-electron chi connectivity index (χ0n) is 8.86. The lowest BCUT2D eigenvalue weighted by Gasteiger charge is -2.11. The van der Waals surface area contributed by atoms with Crippen LogP contribution < -0.4 is 5.32 Å². The molecule has 0 saturated carbocycles. The maximum atomic E-state index is 11.7. The molecule has 1 unspecified atom stereocenters. The number of aliphatic hydroxyl groups is 1. The second kappa shape index (κ2) is 5.77. The summed E-state index contributed by atoms with van der Waals surface area (Å²) in [6, 6.07) is -0.0330. The topological polar surface area (TPSA) is 75.1 Å². The van der Waals surface area contributed by atoms with E-state index in [9.17, 15) is 4.79 Å². The van der Waals surface area contributed by atoms with Gasteiger partial charge in [0.2, 0.25) is 0 Å². The average Bonchev–Trinajstić information content (AvgIpc) is 2.65. The number of nitrogens with one attached hydrogen (secondary N) is 1. The van der Waals surface area contributed by atoms with Crippen molar-refractivity contribution >= 4 is 17.4 Å². The molecule has 0 saturated heterocycles. The summed E-state index contributed by atoms with van der Waals surface area (Å²) in [6.07, 6.45) is 1.26. The van der Waals surface area contributed by atoms with Crippen LogP contribution in [-0.4, -0.2) is 33.2 Å². The van der Waals surface area contributed by atoms with Gasteiger partial charge in [-0.3, -0.25) is 4.79 Å². The van der Waals surface area contributed by atoms with Gasteiger partial charge in [0.1, 0.15) is 4.88 Å². The highest BCUT2D eigenvalue weighted by Gasteiger charge is 2.16. The van der Waals surface area contributed by atoms with Gasteiger partial charge in [0, 0.05) is 12.6 Å². The Morgan fingerprint density at radius 1 is 1.67 bits per heavy atom. The van der Waals surface area contributed by atoms with Crippen LogP contribution in [0.25, 0.3) is 0 Å². The van der Waals surface area contributed by atoms with Gasteiger partial charge in [0.25, 0.3) is 5.91 Å². The summed E-state index contributed by atoms with van der Waals surface area (Å²) in [4.78, 5) is 12.3. The molecule has 0 fully saturated rings. The third kappa shape index (κ3) is 3.24. The molecular formula is C9H15N3O2S. The Kier molecular flexibility index (Phi) is 4.64. The van der Waals surface area contributed by atoms with E-state index in [1.54, 1.807) is 0 Å². The van der Waals surface area contributed by atoms with Gasteiger partial charge in [-0.05, 0) is 31.3 Å². The predicted octanol–water partition coefficient (Wildman–Crippen LogP) is 0.601. The number of amides is 1. The molecule has 0 aliphatic carbocycles. The van der Waals surface area contributed by atoms with Crippen molar-refractivity contribution in [3.8, 4) is 0 Å². The minimum Gasteiger partial charge on any atom is -0.396 e. The Hall–Kier alpha value is -1.01. The molecule has 1 atom stereocenters. The van der Waals surface area contributed by atoms with Crippen molar-refractivity contribution in [2.45, 2.75) is 32.7 Å². The maximum absolute atomic E-state index is 11.7. The smallest absolute Gasteiger partial charge is 0.265 e. The highest BCUT2D eigenvalue weighted by molar-refractivity contribution is 7.08. The van der Waals surface area contributed by atoms with Crippen molar-refractivity contribution in [2.24, 2.45) is 0 Å². The fourth-order valence-electron chi connectivity index (χ4n) is 1.17. The van der Waals surface area contributed by atoms with E-state index < -0.39 is 0 Å². The lowest BCUT2D eigenvalue weighted by molar-refractivity contribution is 0.0937. The van der Waals surface area contributed by atoms with E-state index in [-0.39, 0.29) is 18.6 Å². The molecular weight excluding hydrogens is 214 g/mol. The number of hydrogen-bond donors (Lipinski definition) is 2. The van der Waals surface area contributed by atoms with Gasteiger partial charge in [-0.1, -0.05) is 11.4 Å². The summed E-state index contributed by atoms with van der Waals surface area (Å²) in [5, 5.41) is 15.4. The molecule has 1 aromatic rings. The zero-order chi connectivity index (χ0) is 11.3. The SMILES string of the molecule is CCc1nnsc1C(=O)NC(C)CCO. The van der Waals surface area contributed by atoms with Gasteiger partial charge in [-0.2, -0.15) is 0 Å². The van der Waals surface area contributed by atoms with Crippen LogP contribution in [0.4, 0.5) is 0 Å². The summed E-state index contributed by atoms with van der Waals surface area (Å²) >= 11 is 1.11. The Morgan fingerprint density at radius 3 is 3.00 bits per heavy atom. The van der Waals surface area contributed by atoms with Crippen LogP contribution in [0.3, 0.4) is 0 Å². The predicted molar refractivity (Wildman–Crippen MR) is 57.9 cm³/mol. The molecule has 1 amide bonds. The number of aromatic nitrogens is 2. The number of aliphatic hydroxyl groups excluding tert-OH is 1. The van der Waals surface area contributed by atoms with Gasteiger partial charge in [-0.15, -0.1) is 5.10 Å². The first kappa shape index (κ1) is 12.1. The molecule has 1 aromatic heterocycles. The largest absolute Gasteiger partial charge is 0.396 e. The van der Waals surface area contributed by atoms with Crippen molar-refractivity contribution in [3.63, 3.8) is 0 Å². The van der Waals surface area contributed by atoms with E-state index in [0.717, 1.165) is 17.2 Å². The van der Waals surface area contributed by atoms with Gasteiger partial charge >= 0.3 is 0 Å². The van der Waals surface area contributed by atoms with E-state index in [4.69, 9.17) is 5.11 Å². The molecule has 0 spiro atoms. The van der Waals surface area contributed by atoms with Crippen LogP contribution in [0.15, 0.2) is 0 Å². The lowest BCUT2D eigenvalue weighted by atomic mass is 10.2. The number of carbonyl (C=O) groups is 1. The molecule has 1 rings (SSSR count). The number of rotatable bonds is 5. The second-order valence-electron chi connectivity index (χ2n) is 3.29. The van der Waals surface area contributed by atoms with Crippen LogP contribution in [0.5, 0.6) is 0 Å². The fourth-order valence-corrected chi connectivity index (χ4v) is 1.82. The van der Waals surface area contributed by atoms with E-state index in [1.807, 2.05) is 13.8 Å². The van der Waals surface area contributed by atoms with Crippen LogP contribution in [-0.2, 0) is 6.42 Å². The van der Waals surface area contributed by atoms with Crippen LogP contribution in [0.1, 0.15) is 35.6 Å². The molecule has 0 aliphatic rings. The van der Waals surface area contributed by atoms with E-state index >= 15 is 0 Å². The standard InChI is InChI=1S/C9H15N3O2S/c1-3-7-8(15-12-11-7)9(14)10-6(2)4-5-13/h6,13H,3-5H2,1-2H3,(H,10,14). The Morgan fingerprint density at radius 2 is 2.40 bits per heavy atom. The summed E-state index contributed by atoms with van der Waals surface area (Å²) in [5.41, 5.74) is 0.730. The second-order valence-corrected chi connectivity index (χ2v) is 4.04. The summed E-state index contributed by atoms with van der Waals surface area (Å²) in [7, 11) is 0. The molecule has 5 nitrogen and oxygen atoms in total. The highest BCUT2D eigenvalue weighted by atomic mass is 32.1. The highest BCUT2D eigenvalue weighted by Crippen LogP contribution is 2.11. The molecule has 0 aromatic carbocycles. The first-order chi connectivity index (χ1) is 7.19. The quantitative estimate of drug-likeness (QED) is 0.775.